The van der Waals surface area contributed by atoms with Crippen LogP contribution < -0.4 is 15.8 Å². The van der Waals surface area contributed by atoms with E-state index < -0.39 is 0 Å². The van der Waals surface area contributed by atoms with Crippen LogP contribution in [0.2, 0.25) is 0 Å². The van der Waals surface area contributed by atoms with Crippen molar-refractivity contribution in [2.24, 2.45) is 7.05 Å². The van der Waals surface area contributed by atoms with Gasteiger partial charge >= 0.3 is 0 Å². The quantitative estimate of drug-likeness (QED) is 0.383. The van der Waals surface area contributed by atoms with Gasteiger partial charge in [0.05, 0.1) is 6.54 Å². The molecule has 0 aliphatic carbocycles. The molecule has 9 heteroatoms. The Kier molecular flexibility index (Phi) is 5.94. The van der Waals surface area contributed by atoms with E-state index in [9.17, 15) is 4.79 Å². The maximum absolute atomic E-state index is 13.3. The van der Waals surface area contributed by atoms with Gasteiger partial charge in [-0.05, 0) is 25.3 Å². The Morgan fingerprint density at radius 2 is 2.14 bits per heavy atom. The predicted molar refractivity (Wildman–Crippen MR) is 120 cm³/mol. The molecule has 1 saturated heterocycles. The number of thioether (sulfide) groups is 1. The molecule has 3 aromatic rings. The van der Waals surface area contributed by atoms with Gasteiger partial charge in [0.25, 0.3) is 5.56 Å². The van der Waals surface area contributed by atoms with E-state index in [1.54, 1.807) is 41.6 Å². The van der Waals surface area contributed by atoms with Gasteiger partial charge in [0, 0.05) is 43.4 Å². The summed E-state index contributed by atoms with van der Waals surface area (Å²) >= 11 is 3.30. The molecule has 1 aliphatic heterocycles. The van der Waals surface area contributed by atoms with Crippen LogP contribution in [0.1, 0.15) is 24.0 Å². The largest absolute Gasteiger partial charge is 0.340 e. The van der Waals surface area contributed by atoms with E-state index in [4.69, 9.17) is 9.97 Å². The smallest absolute Gasteiger partial charge is 0.280 e. The van der Waals surface area contributed by atoms with Crippen LogP contribution in [0.25, 0.3) is 11.2 Å². The molecule has 7 nitrogen and oxygen atoms in total. The first-order chi connectivity index (χ1) is 14.1. The lowest BCUT2D eigenvalue weighted by molar-refractivity contribution is 0.573. The van der Waals surface area contributed by atoms with Gasteiger partial charge in [-0.25, -0.2) is 4.98 Å². The number of rotatable bonds is 5. The lowest BCUT2D eigenvalue weighted by Gasteiger charge is -2.28. The summed E-state index contributed by atoms with van der Waals surface area (Å²) < 4.78 is 3.56. The Labute approximate surface area is 178 Å². The van der Waals surface area contributed by atoms with Gasteiger partial charge in [-0.1, -0.05) is 23.7 Å². The first kappa shape index (κ1) is 20.0. The zero-order valence-corrected chi connectivity index (χ0v) is 18.4. The molecule has 3 aromatic heterocycles. The number of aromatic nitrogens is 4. The van der Waals surface area contributed by atoms with Gasteiger partial charge in [-0.3, -0.25) is 13.9 Å². The number of fused-ring (bicyclic) bond motifs is 1. The highest BCUT2D eigenvalue weighted by molar-refractivity contribution is 7.99. The topological polar surface area (TPSA) is 68.0 Å². The van der Waals surface area contributed by atoms with Crippen molar-refractivity contribution in [2.45, 2.75) is 30.8 Å². The third kappa shape index (κ3) is 3.92. The predicted octanol–water partition coefficient (Wildman–Crippen LogP) is 2.48. The number of hydrogen-bond donors (Lipinski definition) is 1. The Morgan fingerprint density at radius 1 is 1.34 bits per heavy atom. The molecule has 0 amide bonds. The summed E-state index contributed by atoms with van der Waals surface area (Å²) in [5.41, 5.74) is 0.944. The summed E-state index contributed by atoms with van der Waals surface area (Å²) in [6.45, 7) is 7.86. The minimum Gasteiger partial charge on any atom is -0.340 e. The second-order valence-electron chi connectivity index (χ2n) is 6.87. The fourth-order valence-electron chi connectivity index (χ4n) is 3.39. The molecule has 1 unspecified atom stereocenters. The number of hydrogen-bond acceptors (Lipinski definition) is 7. The van der Waals surface area contributed by atoms with Gasteiger partial charge < -0.3 is 10.2 Å². The van der Waals surface area contributed by atoms with Crippen LogP contribution in [0, 0.1) is 11.8 Å². The number of imidazole rings is 1. The molecule has 0 aromatic carbocycles. The standard InChI is InChI=1S/C20H24N6OS2/c1-4-5-10-26-16-17(22-19(26)25-11-8-21-9-12-25)23-20(24(3)18(16)27)29-14(2)15-7-6-13-28-15/h6-7,13-14,21H,8-12H2,1-3H3. The van der Waals surface area contributed by atoms with Gasteiger partial charge in [0.15, 0.2) is 16.3 Å². The van der Waals surface area contributed by atoms with Crippen LogP contribution in [0.4, 0.5) is 5.95 Å². The monoisotopic (exact) mass is 428 g/mol. The molecule has 4 heterocycles. The number of anilines is 1. The Hall–Kier alpha value is -2.28. The van der Waals surface area contributed by atoms with Crippen molar-refractivity contribution in [3.8, 4) is 11.8 Å². The molecule has 29 heavy (non-hydrogen) atoms. The minimum absolute atomic E-state index is 0.0809. The Bertz CT molecular complexity index is 1120. The van der Waals surface area contributed by atoms with Gasteiger partial charge in [-0.2, -0.15) is 4.98 Å². The molecule has 0 radical (unpaired) electrons. The Morgan fingerprint density at radius 3 is 2.83 bits per heavy atom. The molecular weight excluding hydrogens is 404 g/mol. The summed E-state index contributed by atoms with van der Waals surface area (Å²) in [5.74, 6) is 6.79. The normalized spacial score (nSPS) is 15.3. The molecule has 0 saturated carbocycles. The van der Waals surface area contributed by atoms with Gasteiger partial charge in [0.2, 0.25) is 5.95 Å². The van der Waals surface area contributed by atoms with E-state index in [-0.39, 0.29) is 10.8 Å². The van der Waals surface area contributed by atoms with Crippen LogP contribution in [0.5, 0.6) is 0 Å². The van der Waals surface area contributed by atoms with E-state index >= 15 is 0 Å². The highest BCUT2D eigenvalue weighted by Crippen LogP contribution is 2.36. The maximum Gasteiger partial charge on any atom is 0.280 e. The summed E-state index contributed by atoms with van der Waals surface area (Å²) in [4.78, 5) is 26.3. The number of piperazine rings is 1. The van der Waals surface area contributed by atoms with Crippen LogP contribution >= 0.6 is 23.1 Å². The summed E-state index contributed by atoms with van der Waals surface area (Å²) in [5, 5.41) is 6.32. The van der Waals surface area contributed by atoms with Crippen molar-refractivity contribution in [2.75, 3.05) is 31.1 Å². The fraction of sp³-hybridized carbons (Fsp3) is 0.450. The first-order valence-electron chi connectivity index (χ1n) is 9.62. The van der Waals surface area contributed by atoms with E-state index in [2.05, 4.69) is 40.4 Å². The van der Waals surface area contributed by atoms with Gasteiger partial charge in [0.1, 0.15) is 0 Å². The van der Waals surface area contributed by atoms with Crippen molar-refractivity contribution in [3.05, 3.63) is 32.7 Å². The zero-order valence-electron chi connectivity index (χ0n) is 16.8. The van der Waals surface area contributed by atoms with Gasteiger partial charge in [-0.15, -0.1) is 17.3 Å². The van der Waals surface area contributed by atoms with Crippen molar-refractivity contribution in [1.29, 1.82) is 0 Å². The van der Waals surface area contributed by atoms with Crippen LogP contribution in [0.15, 0.2) is 27.5 Å². The summed E-state index contributed by atoms with van der Waals surface area (Å²) in [6, 6.07) is 4.16. The molecule has 1 aliphatic rings. The molecule has 1 atom stereocenters. The highest BCUT2D eigenvalue weighted by Gasteiger charge is 2.23. The van der Waals surface area contributed by atoms with Crippen molar-refractivity contribution < 1.29 is 0 Å². The van der Waals surface area contributed by atoms with Crippen molar-refractivity contribution >= 4 is 40.2 Å². The second-order valence-corrected chi connectivity index (χ2v) is 9.16. The third-order valence-corrected chi connectivity index (χ3v) is 7.35. The highest BCUT2D eigenvalue weighted by atomic mass is 32.2. The minimum atomic E-state index is -0.0809. The number of nitrogens with one attached hydrogen (secondary N) is 1. The van der Waals surface area contributed by atoms with Crippen LogP contribution in [0.3, 0.4) is 0 Å². The number of nitrogens with zero attached hydrogens (tertiary/aromatic N) is 5. The molecule has 152 valence electrons. The molecule has 0 spiro atoms. The first-order valence-corrected chi connectivity index (χ1v) is 11.4. The lowest BCUT2D eigenvalue weighted by Crippen LogP contribution is -2.44. The van der Waals surface area contributed by atoms with Crippen LogP contribution in [-0.2, 0) is 13.6 Å². The SMILES string of the molecule is CC#CCn1c(N2CCNCC2)nc2nc(SC(C)c3cccs3)n(C)c(=O)c21. The van der Waals surface area contributed by atoms with E-state index in [0.29, 0.717) is 22.9 Å². The molecular formula is C20H24N6OS2. The molecule has 4 rings (SSSR count). The molecule has 1 fully saturated rings. The summed E-state index contributed by atoms with van der Waals surface area (Å²) in [6.07, 6.45) is 0. The van der Waals surface area contributed by atoms with E-state index in [0.717, 1.165) is 32.1 Å². The van der Waals surface area contributed by atoms with E-state index in [1.165, 1.54) is 4.88 Å². The number of thiophene rings is 1. The zero-order chi connectivity index (χ0) is 20.4. The Balaban J connectivity index is 1.80. The van der Waals surface area contributed by atoms with Crippen molar-refractivity contribution in [1.82, 2.24) is 24.4 Å². The van der Waals surface area contributed by atoms with E-state index in [1.807, 2.05) is 10.6 Å². The molecule has 0 bridgehead atoms. The van der Waals surface area contributed by atoms with Crippen LogP contribution in [-0.4, -0.2) is 45.3 Å². The fourth-order valence-corrected chi connectivity index (χ4v) is 5.25. The molecule has 1 N–H and O–H groups in total. The average Bonchev–Trinajstić information content (AvgIpc) is 3.39. The lowest BCUT2D eigenvalue weighted by atomic mass is 10.4. The average molecular weight is 429 g/mol. The third-order valence-electron chi connectivity index (χ3n) is 4.96. The summed E-state index contributed by atoms with van der Waals surface area (Å²) in [7, 11) is 1.78. The maximum atomic E-state index is 13.3. The second kappa shape index (κ2) is 8.61. The van der Waals surface area contributed by atoms with Crippen molar-refractivity contribution in [3.63, 3.8) is 0 Å².